The molecular weight excluding hydrogens is 186 g/mol. The van der Waals surface area contributed by atoms with Crippen LogP contribution < -0.4 is 0 Å². The number of rotatable bonds is 1. The highest BCUT2D eigenvalue weighted by Gasteiger charge is 2.66. The van der Waals surface area contributed by atoms with Crippen molar-refractivity contribution in [3.8, 4) is 0 Å². The molecule has 6 heteroatoms. The summed E-state index contributed by atoms with van der Waals surface area (Å²) in [6, 6.07) is 0. The summed E-state index contributed by atoms with van der Waals surface area (Å²) in [5.74, 6) is 0. The molecule has 0 saturated carbocycles. The third-order valence-electron chi connectivity index (χ3n) is 1.63. The minimum absolute atomic E-state index is 0.188. The third-order valence-corrected chi connectivity index (χ3v) is 1.63. The van der Waals surface area contributed by atoms with E-state index in [9.17, 15) is 26.3 Å². The highest BCUT2D eigenvalue weighted by Crippen LogP contribution is 2.51. The Morgan fingerprint density at radius 3 is 1.25 bits per heavy atom. The Balaban J connectivity index is 5.54. The maximum atomic E-state index is 12.1. The van der Waals surface area contributed by atoms with Crippen molar-refractivity contribution in [2.45, 2.75) is 32.6 Å². The average Bonchev–Trinajstić information content (AvgIpc) is 1.77. The van der Waals surface area contributed by atoms with E-state index >= 15 is 0 Å². The van der Waals surface area contributed by atoms with E-state index in [-0.39, 0.29) is 13.8 Å². The van der Waals surface area contributed by atoms with Crippen molar-refractivity contribution >= 4 is 0 Å². The van der Waals surface area contributed by atoms with Crippen LogP contribution >= 0.6 is 0 Å². The standard InChI is InChI=1S/C6H8F6/c1-3-4(2,5(7,8)9)6(10,11)12/h3H2,1-2H3/i3D2. The first-order chi connectivity index (χ1) is 5.75. The van der Waals surface area contributed by atoms with Crippen LogP contribution in [0.25, 0.3) is 0 Å². The molecule has 0 aromatic heterocycles. The largest absolute Gasteiger partial charge is 0.402 e. The Bertz CT molecular complexity index is 174. The average molecular weight is 196 g/mol. The van der Waals surface area contributed by atoms with Crippen LogP contribution in [0.2, 0.25) is 0 Å². The number of hydrogen-bond donors (Lipinski definition) is 0. The van der Waals surface area contributed by atoms with Crippen LogP contribution in [-0.2, 0) is 0 Å². The van der Waals surface area contributed by atoms with E-state index in [2.05, 4.69) is 0 Å². The van der Waals surface area contributed by atoms with Gasteiger partial charge in [-0.3, -0.25) is 0 Å². The van der Waals surface area contributed by atoms with Crippen molar-refractivity contribution in [1.82, 2.24) is 0 Å². The Morgan fingerprint density at radius 1 is 1.00 bits per heavy atom. The fourth-order valence-corrected chi connectivity index (χ4v) is 0.444. The molecule has 0 N–H and O–H groups in total. The quantitative estimate of drug-likeness (QED) is 0.563. The predicted molar refractivity (Wildman–Crippen MR) is 30.5 cm³/mol. The predicted octanol–water partition coefficient (Wildman–Crippen LogP) is 3.53. The number of halogens is 6. The van der Waals surface area contributed by atoms with Crippen LogP contribution in [-0.4, -0.2) is 12.4 Å². The summed E-state index contributed by atoms with van der Waals surface area (Å²) >= 11 is 0. The smallest absolute Gasteiger partial charge is 0.170 e. The minimum Gasteiger partial charge on any atom is -0.170 e. The van der Waals surface area contributed by atoms with Gasteiger partial charge in [0.25, 0.3) is 0 Å². The first-order valence-corrected chi connectivity index (χ1v) is 2.88. The van der Waals surface area contributed by atoms with E-state index in [0.717, 1.165) is 0 Å². The highest BCUT2D eigenvalue weighted by molar-refractivity contribution is 4.87. The lowest BCUT2D eigenvalue weighted by Gasteiger charge is -2.32. The van der Waals surface area contributed by atoms with Gasteiger partial charge in [0.2, 0.25) is 0 Å². The van der Waals surface area contributed by atoms with Crippen molar-refractivity contribution in [2.75, 3.05) is 0 Å². The van der Waals surface area contributed by atoms with E-state index < -0.39 is 24.1 Å². The molecule has 0 spiro atoms. The van der Waals surface area contributed by atoms with Crippen LogP contribution in [0.1, 0.15) is 23.0 Å². The lowest BCUT2D eigenvalue weighted by Crippen LogP contribution is -2.47. The van der Waals surface area contributed by atoms with Gasteiger partial charge in [-0.25, -0.2) is 0 Å². The topological polar surface area (TPSA) is 0 Å². The first-order valence-electron chi connectivity index (χ1n) is 3.88. The molecule has 0 bridgehead atoms. The Hall–Kier alpha value is -0.420. The molecule has 0 atom stereocenters. The molecule has 0 aromatic rings. The van der Waals surface area contributed by atoms with Crippen LogP contribution in [0, 0.1) is 5.41 Å². The van der Waals surface area contributed by atoms with Crippen molar-refractivity contribution in [2.24, 2.45) is 5.41 Å². The van der Waals surface area contributed by atoms with Crippen molar-refractivity contribution in [3.63, 3.8) is 0 Å². The summed E-state index contributed by atoms with van der Waals surface area (Å²) in [6.45, 7) is 0.0704. The van der Waals surface area contributed by atoms with Gasteiger partial charge >= 0.3 is 12.4 Å². The van der Waals surface area contributed by atoms with Crippen LogP contribution in [0.15, 0.2) is 0 Å². The van der Waals surface area contributed by atoms with Crippen LogP contribution in [0.4, 0.5) is 26.3 Å². The molecule has 0 aliphatic rings. The zero-order valence-electron chi connectivity index (χ0n) is 8.27. The van der Waals surface area contributed by atoms with Gasteiger partial charge in [0.15, 0.2) is 5.41 Å². The molecule has 0 radical (unpaired) electrons. The second-order valence-electron chi connectivity index (χ2n) is 2.37. The molecule has 0 aromatic carbocycles. The monoisotopic (exact) mass is 196 g/mol. The molecule has 0 unspecified atom stereocenters. The van der Waals surface area contributed by atoms with E-state index in [1.165, 1.54) is 0 Å². The molecule has 0 saturated heterocycles. The maximum Gasteiger partial charge on any atom is 0.402 e. The van der Waals surface area contributed by atoms with E-state index in [0.29, 0.717) is 0 Å². The number of alkyl halides is 6. The summed E-state index contributed by atoms with van der Waals surface area (Å²) in [5.41, 5.74) is -4.35. The van der Waals surface area contributed by atoms with Gasteiger partial charge in [-0.05, 0) is 13.3 Å². The fraction of sp³-hybridized carbons (Fsp3) is 1.00. The minimum atomic E-state index is -5.68. The zero-order chi connectivity index (χ0) is 12.0. The van der Waals surface area contributed by atoms with Gasteiger partial charge in [0.05, 0.1) is 0 Å². The molecule has 74 valence electrons. The summed E-state index contributed by atoms with van der Waals surface area (Å²) < 4.78 is 86.1. The van der Waals surface area contributed by atoms with Gasteiger partial charge in [-0.1, -0.05) is 6.92 Å². The second-order valence-corrected chi connectivity index (χ2v) is 2.37. The van der Waals surface area contributed by atoms with E-state index in [1.807, 2.05) is 0 Å². The highest BCUT2D eigenvalue weighted by atomic mass is 19.4. The normalized spacial score (nSPS) is 18.7. The lowest BCUT2D eigenvalue weighted by molar-refractivity contribution is -0.335. The maximum absolute atomic E-state index is 12.1. The van der Waals surface area contributed by atoms with Crippen LogP contribution in [0.5, 0.6) is 0 Å². The van der Waals surface area contributed by atoms with Gasteiger partial charge in [-0.15, -0.1) is 0 Å². The second kappa shape index (κ2) is 2.81. The van der Waals surface area contributed by atoms with Gasteiger partial charge < -0.3 is 0 Å². The lowest BCUT2D eigenvalue weighted by atomic mass is 9.86. The molecule has 0 heterocycles. The molecule has 12 heavy (non-hydrogen) atoms. The van der Waals surface area contributed by atoms with Crippen molar-refractivity contribution in [1.29, 1.82) is 0 Å². The molecule has 0 aliphatic carbocycles. The Morgan fingerprint density at radius 2 is 1.25 bits per heavy atom. The third kappa shape index (κ3) is 1.67. The molecule has 0 aliphatic heterocycles. The Kier molecular flexibility index (Phi) is 1.92. The summed E-state index contributed by atoms with van der Waals surface area (Å²) in [5, 5.41) is 0. The summed E-state index contributed by atoms with van der Waals surface area (Å²) in [6.07, 6.45) is -14.8. The molecule has 0 fully saturated rings. The number of hydrogen-bond acceptors (Lipinski definition) is 0. The van der Waals surface area contributed by atoms with E-state index in [4.69, 9.17) is 2.74 Å². The zero-order valence-corrected chi connectivity index (χ0v) is 6.27. The fourth-order valence-electron chi connectivity index (χ4n) is 0.444. The summed E-state index contributed by atoms with van der Waals surface area (Å²) in [7, 11) is 0. The van der Waals surface area contributed by atoms with Crippen molar-refractivity contribution < 1.29 is 29.1 Å². The molecule has 0 nitrogen and oxygen atoms in total. The molecule has 0 rings (SSSR count). The van der Waals surface area contributed by atoms with Gasteiger partial charge in [0.1, 0.15) is 0 Å². The van der Waals surface area contributed by atoms with Crippen molar-refractivity contribution in [3.05, 3.63) is 0 Å². The SMILES string of the molecule is [2H]C([2H])(C)C(C)(C(F)(F)F)C(F)(F)F. The van der Waals surface area contributed by atoms with E-state index in [1.54, 1.807) is 0 Å². The van der Waals surface area contributed by atoms with Crippen LogP contribution in [0.3, 0.4) is 0 Å². The van der Waals surface area contributed by atoms with Gasteiger partial charge in [-0.2, -0.15) is 26.3 Å². The molecule has 0 amide bonds. The molecular formula is C6H8F6. The Labute approximate surface area is 68.4 Å². The summed E-state index contributed by atoms with van der Waals surface area (Å²) in [4.78, 5) is 0. The van der Waals surface area contributed by atoms with Gasteiger partial charge in [0, 0.05) is 2.74 Å². The first kappa shape index (κ1) is 8.19.